The van der Waals surface area contributed by atoms with Crippen LogP contribution in [0.4, 0.5) is 5.69 Å². The van der Waals surface area contributed by atoms with Gasteiger partial charge in [0.25, 0.3) is 0 Å². The maximum atomic E-state index is 13.4. The van der Waals surface area contributed by atoms with Gasteiger partial charge in [0.2, 0.25) is 5.91 Å². The van der Waals surface area contributed by atoms with Crippen molar-refractivity contribution in [2.75, 3.05) is 11.9 Å². The highest BCUT2D eigenvalue weighted by Crippen LogP contribution is 2.52. The fourth-order valence-electron chi connectivity index (χ4n) is 7.32. The zero-order valence-electron chi connectivity index (χ0n) is 17.0. The molecule has 4 bridgehead atoms. The Hall–Kier alpha value is -1.55. The smallest absolute Gasteiger partial charge is 0.223 e. The molecule has 3 N–H and O–H groups in total. The Morgan fingerprint density at radius 3 is 2.68 bits per heavy atom. The summed E-state index contributed by atoms with van der Waals surface area (Å²) in [7, 11) is 0. The normalized spacial score (nSPS) is 39.0. The molecule has 0 spiro atoms. The van der Waals surface area contributed by atoms with Gasteiger partial charge in [0.05, 0.1) is 0 Å². The van der Waals surface area contributed by atoms with Gasteiger partial charge < -0.3 is 16.0 Å². The van der Waals surface area contributed by atoms with Gasteiger partial charge in [-0.1, -0.05) is 19.1 Å². The largest absolute Gasteiger partial charge is 0.384 e. The van der Waals surface area contributed by atoms with Gasteiger partial charge in [-0.25, -0.2) is 0 Å². The van der Waals surface area contributed by atoms with Crippen molar-refractivity contribution < 1.29 is 4.79 Å². The van der Waals surface area contributed by atoms with E-state index in [1.54, 1.807) is 5.56 Å². The molecule has 150 valence electrons. The second-order valence-electron chi connectivity index (χ2n) is 10.7. The fraction of sp³-hybridized carbons (Fsp3) is 0.708. The van der Waals surface area contributed by atoms with E-state index in [2.05, 4.69) is 35.3 Å². The zero-order chi connectivity index (χ0) is 19.0. The molecule has 2 saturated heterocycles. The highest BCUT2D eigenvalue weighted by Gasteiger charge is 2.54. The summed E-state index contributed by atoms with van der Waals surface area (Å²) in [5.74, 6) is 2.76. The van der Waals surface area contributed by atoms with E-state index >= 15 is 0 Å². The van der Waals surface area contributed by atoms with E-state index in [1.807, 2.05) is 0 Å². The first kappa shape index (κ1) is 17.3. The molecule has 4 unspecified atom stereocenters. The molecule has 5 fully saturated rings. The predicted octanol–water partition coefficient (Wildman–Crippen LogP) is 3.97. The van der Waals surface area contributed by atoms with E-state index in [9.17, 15) is 4.79 Å². The van der Waals surface area contributed by atoms with E-state index in [0.717, 1.165) is 31.2 Å². The van der Waals surface area contributed by atoms with Crippen LogP contribution >= 0.6 is 0 Å². The summed E-state index contributed by atoms with van der Waals surface area (Å²) in [4.78, 5) is 15.7. The van der Waals surface area contributed by atoms with Gasteiger partial charge in [0.15, 0.2) is 0 Å². The van der Waals surface area contributed by atoms with E-state index in [0.29, 0.717) is 36.2 Å². The molecule has 4 nitrogen and oxygen atoms in total. The lowest BCUT2D eigenvalue weighted by molar-refractivity contribution is -0.151. The molecular weight excluding hydrogens is 346 g/mol. The predicted molar refractivity (Wildman–Crippen MR) is 111 cm³/mol. The number of nitrogens with zero attached hydrogens (tertiary/aromatic N) is 1. The molecule has 0 aromatic heterocycles. The quantitative estimate of drug-likeness (QED) is 0.832. The highest BCUT2D eigenvalue weighted by atomic mass is 16.2. The summed E-state index contributed by atoms with van der Waals surface area (Å²) in [6.45, 7) is 3.28. The molecule has 7 rings (SSSR count). The second-order valence-corrected chi connectivity index (χ2v) is 10.7. The summed E-state index contributed by atoms with van der Waals surface area (Å²) < 4.78 is 0. The Morgan fingerprint density at radius 2 is 2.00 bits per heavy atom. The van der Waals surface area contributed by atoms with E-state index < -0.39 is 0 Å². The maximum absolute atomic E-state index is 13.4. The number of carbonyl (C=O) groups is 1. The third-order valence-corrected chi connectivity index (χ3v) is 8.49. The van der Waals surface area contributed by atoms with E-state index in [1.165, 1.54) is 43.4 Å². The first-order valence-electron chi connectivity index (χ1n) is 11.5. The molecule has 3 aliphatic carbocycles. The van der Waals surface area contributed by atoms with Gasteiger partial charge in [-0.15, -0.1) is 0 Å². The lowest BCUT2D eigenvalue weighted by atomic mass is 9.60. The van der Waals surface area contributed by atoms with Crippen LogP contribution in [0.25, 0.3) is 0 Å². The number of anilines is 1. The Bertz CT molecular complexity index is 800. The van der Waals surface area contributed by atoms with Gasteiger partial charge in [-0.2, -0.15) is 0 Å². The van der Waals surface area contributed by atoms with Crippen molar-refractivity contribution in [1.29, 1.82) is 0 Å². The van der Waals surface area contributed by atoms with Crippen molar-refractivity contribution in [1.82, 2.24) is 4.90 Å². The summed E-state index contributed by atoms with van der Waals surface area (Å²) in [5.41, 5.74) is 11.0. The lowest BCUT2D eigenvalue weighted by Crippen LogP contribution is -2.68. The van der Waals surface area contributed by atoms with Crippen molar-refractivity contribution in [3.63, 3.8) is 0 Å². The van der Waals surface area contributed by atoms with Crippen LogP contribution in [0.2, 0.25) is 0 Å². The molecule has 4 heteroatoms. The third kappa shape index (κ3) is 2.63. The second kappa shape index (κ2) is 5.98. The number of hydrogen-bond acceptors (Lipinski definition) is 3. The van der Waals surface area contributed by atoms with Gasteiger partial charge in [0.1, 0.15) is 0 Å². The van der Waals surface area contributed by atoms with Gasteiger partial charge in [0, 0.05) is 42.2 Å². The number of rotatable bonds is 4. The van der Waals surface area contributed by atoms with Crippen molar-refractivity contribution >= 4 is 11.6 Å². The molecule has 4 atom stereocenters. The molecule has 3 aliphatic heterocycles. The lowest BCUT2D eigenvalue weighted by Gasteiger charge is -2.60. The van der Waals surface area contributed by atoms with Crippen LogP contribution in [0.1, 0.15) is 81.3 Å². The molecule has 1 amide bonds. The van der Waals surface area contributed by atoms with Crippen molar-refractivity contribution in [2.24, 2.45) is 17.6 Å². The summed E-state index contributed by atoms with van der Waals surface area (Å²) in [6.07, 6.45) is 8.96. The Balaban J connectivity index is 1.20. The first-order chi connectivity index (χ1) is 13.5. The van der Waals surface area contributed by atoms with Crippen LogP contribution in [0.3, 0.4) is 0 Å². The van der Waals surface area contributed by atoms with Crippen LogP contribution in [0.15, 0.2) is 18.2 Å². The van der Waals surface area contributed by atoms with Crippen LogP contribution < -0.4 is 11.1 Å². The van der Waals surface area contributed by atoms with Crippen LogP contribution in [0.5, 0.6) is 0 Å². The van der Waals surface area contributed by atoms with Crippen LogP contribution in [-0.2, 0) is 4.79 Å². The van der Waals surface area contributed by atoms with Crippen LogP contribution in [-0.4, -0.2) is 35.0 Å². The number of carbonyl (C=O) groups excluding carboxylic acids is 1. The molecular formula is C24H33N3O. The minimum absolute atomic E-state index is 0.0202. The molecule has 3 saturated carbocycles. The molecule has 0 radical (unpaired) electrons. The van der Waals surface area contributed by atoms with Gasteiger partial charge in [-0.05, 0) is 79.9 Å². The van der Waals surface area contributed by atoms with Gasteiger partial charge >= 0.3 is 0 Å². The fourth-order valence-corrected chi connectivity index (χ4v) is 7.32. The number of hydrogen-bond donors (Lipinski definition) is 2. The highest BCUT2D eigenvalue weighted by molar-refractivity contribution is 5.78. The minimum atomic E-state index is 0.0202. The molecule has 1 aromatic rings. The van der Waals surface area contributed by atoms with Crippen molar-refractivity contribution in [3.05, 3.63) is 29.3 Å². The molecule has 6 aliphatic rings. The van der Waals surface area contributed by atoms with Crippen molar-refractivity contribution in [2.45, 2.75) is 87.7 Å². The minimum Gasteiger partial charge on any atom is -0.384 e. The Morgan fingerprint density at radius 1 is 1.25 bits per heavy atom. The topological polar surface area (TPSA) is 58.4 Å². The number of piperidine rings is 2. The number of benzene rings is 1. The van der Waals surface area contributed by atoms with Crippen molar-refractivity contribution in [3.8, 4) is 0 Å². The average molecular weight is 380 g/mol. The number of amides is 1. The number of fused-ring (bicyclic) bond motifs is 1. The number of nitrogens with two attached hydrogens (primary N) is 1. The number of nitrogens with one attached hydrogen (secondary N) is 1. The summed E-state index contributed by atoms with van der Waals surface area (Å²) >= 11 is 0. The molecule has 3 heterocycles. The van der Waals surface area contributed by atoms with E-state index in [4.69, 9.17) is 5.73 Å². The third-order valence-electron chi connectivity index (χ3n) is 8.49. The van der Waals surface area contributed by atoms with Crippen LogP contribution in [0, 0.1) is 11.8 Å². The monoisotopic (exact) mass is 379 g/mol. The van der Waals surface area contributed by atoms with Gasteiger partial charge in [-0.3, -0.25) is 4.79 Å². The summed E-state index contributed by atoms with van der Waals surface area (Å²) in [5, 5.41) is 3.62. The Kier molecular flexibility index (Phi) is 3.70. The standard InChI is InChI=1S/C24H33N3O/c1-14(20-13-26-21-4-2-3-19(23(20)21)16-5-6-16)7-22(28)27-17-8-15-9-18(27)12-24(25,10-15)11-17/h2-4,14-18,20,26H,5-13,25H2,1H3. The summed E-state index contributed by atoms with van der Waals surface area (Å²) in [6, 6.07) is 7.56. The maximum Gasteiger partial charge on any atom is 0.223 e. The Labute approximate surface area is 168 Å². The zero-order valence-corrected chi connectivity index (χ0v) is 17.0. The molecule has 28 heavy (non-hydrogen) atoms. The molecule has 1 aromatic carbocycles. The SMILES string of the molecule is CC(CC(=O)N1C2CC3CC1CC(N)(C3)C2)C1CNc2cccc(C3CC3)c21. The first-order valence-corrected chi connectivity index (χ1v) is 11.5. The van der Waals surface area contributed by atoms with E-state index in [-0.39, 0.29) is 5.54 Å². The average Bonchev–Trinajstić information content (AvgIpc) is 3.37.